The molecule has 10 heteroatoms. The number of furan rings is 1. The van der Waals surface area contributed by atoms with Gasteiger partial charge in [-0.3, -0.25) is 14.4 Å². The van der Waals surface area contributed by atoms with Crippen LogP contribution in [0.5, 0.6) is 5.75 Å². The molecule has 1 aliphatic rings. The van der Waals surface area contributed by atoms with Crippen molar-refractivity contribution in [3.05, 3.63) is 89.7 Å². The Morgan fingerprint density at radius 2 is 1.89 bits per heavy atom. The molecule has 2 N–H and O–H groups in total. The summed E-state index contributed by atoms with van der Waals surface area (Å²) < 4.78 is 39.2. The first-order chi connectivity index (χ1) is 18.3. The van der Waals surface area contributed by atoms with Crippen LogP contribution in [0.1, 0.15) is 22.3 Å². The molecular weight excluding hydrogens is 498 g/mol. The Bertz CT molecular complexity index is 1530. The average molecular weight is 520 g/mol. The molecular formula is C28H22F2N2O6. The molecule has 5 rings (SSSR count). The largest absolute Gasteiger partial charge is 0.489 e. The number of fused-ring (bicyclic) bond motifs is 1. The molecule has 0 radical (unpaired) electrons. The number of carboxylic acid groups (broad SMARTS) is 1. The number of halogens is 2. The fraction of sp³-hybridized carbons (Fsp3) is 0.179. The number of ether oxygens (including phenoxy) is 1. The van der Waals surface area contributed by atoms with Crippen LogP contribution in [-0.2, 0) is 16.2 Å². The number of benzene rings is 3. The van der Waals surface area contributed by atoms with Gasteiger partial charge in [-0.05, 0) is 53.9 Å². The molecule has 0 bridgehead atoms. The third-order valence-electron chi connectivity index (χ3n) is 6.33. The van der Waals surface area contributed by atoms with E-state index in [-0.39, 0.29) is 29.0 Å². The SMILES string of the molecule is O=C(O)CN(C(=O)c1cccc(COc2ccc(-c3cc(F)c(F)c4ccoc34)cc2)c1)C1CCNC1=O. The number of nitrogens with zero attached hydrogens (tertiary/aromatic N) is 1. The van der Waals surface area contributed by atoms with E-state index < -0.39 is 36.1 Å². The summed E-state index contributed by atoms with van der Waals surface area (Å²) in [4.78, 5) is 37.6. The monoisotopic (exact) mass is 520 g/mol. The summed E-state index contributed by atoms with van der Waals surface area (Å²) >= 11 is 0. The summed E-state index contributed by atoms with van der Waals surface area (Å²) in [6.45, 7) is -0.106. The zero-order valence-electron chi connectivity index (χ0n) is 19.9. The minimum Gasteiger partial charge on any atom is -0.489 e. The van der Waals surface area contributed by atoms with Gasteiger partial charge in [-0.15, -0.1) is 0 Å². The normalized spacial score (nSPS) is 14.9. The van der Waals surface area contributed by atoms with Crippen molar-refractivity contribution >= 4 is 28.8 Å². The van der Waals surface area contributed by atoms with E-state index in [0.717, 1.165) is 11.0 Å². The summed E-state index contributed by atoms with van der Waals surface area (Å²) in [5.74, 6) is -3.58. The number of rotatable bonds is 8. The number of carbonyl (C=O) groups is 3. The van der Waals surface area contributed by atoms with E-state index in [4.69, 9.17) is 9.15 Å². The molecule has 4 aromatic rings. The van der Waals surface area contributed by atoms with Gasteiger partial charge in [0.1, 0.15) is 30.5 Å². The molecule has 194 valence electrons. The Morgan fingerprint density at radius 1 is 1.11 bits per heavy atom. The molecule has 0 saturated carbocycles. The Labute approximate surface area is 215 Å². The maximum atomic E-state index is 14.1. The van der Waals surface area contributed by atoms with Crippen molar-refractivity contribution in [3.8, 4) is 16.9 Å². The molecule has 2 amide bonds. The highest BCUT2D eigenvalue weighted by molar-refractivity contribution is 5.99. The summed E-state index contributed by atoms with van der Waals surface area (Å²) in [7, 11) is 0. The Kier molecular flexibility index (Phi) is 6.78. The fourth-order valence-corrected chi connectivity index (χ4v) is 4.49. The number of hydrogen-bond acceptors (Lipinski definition) is 5. The van der Waals surface area contributed by atoms with E-state index in [9.17, 15) is 28.3 Å². The van der Waals surface area contributed by atoms with Crippen LogP contribution in [0.15, 0.2) is 71.3 Å². The molecule has 1 atom stereocenters. The van der Waals surface area contributed by atoms with Crippen LogP contribution in [0.4, 0.5) is 8.78 Å². The highest BCUT2D eigenvalue weighted by Crippen LogP contribution is 2.33. The standard InChI is InChI=1S/C28H22F2N2O6/c29-22-13-21(26-20(25(22)30)9-11-37-26)17-4-6-19(7-5-17)38-15-16-2-1-3-18(12-16)28(36)32(14-24(33)34)23-8-10-31-27(23)35/h1-7,9,11-13,23H,8,10,14-15H2,(H,31,35)(H,33,34). The van der Waals surface area contributed by atoms with E-state index in [1.807, 2.05) is 0 Å². The Balaban J connectivity index is 1.30. The first-order valence-electron chi connectivity index (χ1n) is 11.8. The molecule has 0 aliphatic carbocycles. The first kappa shape index (κ1) is 24.9. The summed E-state index contributed by atoms with van der Waals surface area (Å²) in [6, 6.07) is 14.9. The van der Waals surface area contributed by atoms with E-state index in [2.05, 4.69) is 5.32 Å². The molecule has 1 aromatic heterocycles. The molecule has 2 heterocycles. The lowest BCUT2D eigenvalue weighted by Gasteiger charge is -2.25. The second kappa shape index (κ2) is 10.3. The highest BCUT2D eigenvalue weighted by Gasteiger charge is 2.35. The molecule has 8 nitrogen and oxygen atoms in total. The number of nitrogens with one attached hydrogen (secondary N) is 1. The van der Waals surface area contributed by atoms with Crippen molar-refractivity contribution in [2.75, 3.05) is 13.1 Å². The number of hydrogen-bond donors (Lipinski definition) is 2. The van der Waals surface area contributed by atoms with E-state index in [1.165, 1.54) is 12.3 Å². The second-order valence-corrected chi connectivity index (χ2v) is 8.82. The molecule has 1 unspecified atom stereocenters. The third kappa shape index (κ3) is 4.93. The van der Waals surface area contributed by atoms with Crippen LogP contribution >= 0.6 is 0 Å². The summed E-state index contributed by atoms with van der Waals surface area (Å²) in [5.41, 5.74) is 2.15. The van der Waals surface area contributed by atoms with Crippen LogP contribution in [0.25, 0.3) is 22.1 Å². The second-order valence-electron chi connectivity index (χ2n) is 8.82. The first-order valence-corrected chi connectivity index (χ1v) is 11.8. The van der Waals surface area contributed by atoms with Gasteiger partial charge in [-0.1, -0.05) is 24.3 Å². The van der Waals surface area contributed by atoms with Crippen molar-refractivity contribution in [1.29, 1.82) is 0 Å². The quantitative estimate of drug-likeness (QED) is 0.357. The van der Waals surface area contributed by atoms with Gasteiger partial charge in [0.2, 0.25) is 5.91 Å². The number of carboxylic acids is 1. The van der Waals surface area contributed by atoms with E-state index in [0.29, 0.717) is 35.4 Å². The molecule has 1 saturated heterocycles. The maximum Gasteiger partial charge on any atom is 0.323 e. The molecule has 1 aliphatic heterocycles. The molecule has 3 aromatic carbocycles. The fourth-order valence-electron chi connectivity index (χ4n) is 4.49. The van der Waals surface area contributed by atoms with Crippen molar-refractivity contribution in [1.82, 2.24) is 10.2 Å². The van der Waals surface area contributed by atoms with Crippen molar-refractivity contribution < 1.29 is 37.4 Å². The van der Waals surface area contributed by atoms with Crippen LogP contribution in [-0.4, -0.2) is 46.9 Å². The van der Waals surface area contributed by atoms with Crippen LogP contribution in [0.3, 0.4) is 0 Å². The maximum absolute atomic E-state index is 14.1. The summed E-state index contributed by atoms with van der Waals surface area (Å²) in [6.07, 6.45) is 1.64. The van der Waals surface area contributed by atoms with Gasteiger partial charge in [-0.2, -0.15) is 0 Å². The molecule has 1 fully saturated rings. The lowest BCUT2D eigenvalue weighted by Crippen LogP contribution is -2.47. The van der Waals surface area contributed by atoms with E-state index in [1.54, 1.807) is 48.5 Å². The minimum atomic E-state index is -1.21. The van der Waals surface area contributed by atoms with E-state index >= 15 is 0 Å². The predicted octanol–water partition coefficient (Wildman–Crippen LogP) is 4.37. The number of carbonyl (C=O) groups excluding carboxylic acids is 2. The smallest absolute Gasteiger partial charge is 0.323 e. The zero-order chi connectivity index (χ0) is 26.8. The molecule has 0 spiro atoms. The Morgan fingerprint density at radius 3 is 2.61 bits per heavy atom. The topological polar surface area (TPSA) is 109 Å². The van der Waals surface area contributed by atoms with Gasteiger partial charge in [0, 0.05) is 17.7 Å². The van der Waals surface area contributed by atoms with Gasteiger partial charge in [0.05, 0.1) is 11.6 Å². The van der Waals surface area contributed by atoms with Crippen LogP contribution < -0.4 is 10.1 Å². The van der Waals surface area contributed by atoms with Gasteiger partial charge < -0.3 is 24.5 Å². The summed E-state index contributed by atoms with van der Waals surface area (Å²) in [5, 5.41) is 11.9. The lowest BCUT2D eigenvalue weighted by atomic mass is 10.0. The van der Waals surface area contributed by atoms with Gasteiger partial charge >= 0.3 is 5.97 Å². The van der Waals surface area contributed by atoms with Gasteiger partial charge in [0.25, 0.3) is 5.91 Å². The van der Waals surface area contributed by atoms with Gasteiger partial charge in [-0.25, -0.2) is 8.78 Å². The van der Waals surface area contributed by atoms with Crippen LogP contribution in [0, 0.1) is 11.6 Å². The van der Waals surface area contributed by atoms with Crippen molar-refractivity contribution in [2.24, 2.45) is 0 Å². The Hall–Kier alpha value is -4.73. The minimum absolute atomic E-state index is 0.0604. The average Bonchev–Trinajstić information content (AvgIpc) is 3.58. The lowest BCUT2D eigenvalue weighted by molar-refractivity contribution is -0.138. The van der Waals surface area contributed by atoms with Crippen LogP contribution in [0.2, 0.25) is 0 Å². The number of amides is 2. The number of aliphatic carboxylic acids is 1. The highest BCUT2D eigenvalue weighted by atomic mass is 19.2. The zero-order valence-corrected chi connectivity index (χ0v) is 19.9. The predicted molar refractivity (Wildman–Crippen MR) is 132 cm³/mol. The van der Waals surface area contributed by atoms with Gasteiger partial charge in [0.15, 0.2) is 11.6 Å². The third-order valence-corrected chi connectivity index (χ3v) is 6.33. The molecule has 38 heavy (non-hydrogen) atoms. The van der Waals surface area contributed by atoms with Crippen molar-refractivity contribution in [2.45, 2.75) is 19.1 Å². The van der Waals surface area contributed by atoms with Crippen molar-refractivity contribution in [3.63, 3.8) is 0 Å².